The van der Waals surface area contributed by atoms with Gasteiger partial charge in [0.1, 0.15) is 19.0 Å². The molecule has 0 fully saturated rings. The Kier molecular flexibility index (Phi) is 6.43. The van der Waals surface area contributed by atoms with E-state index in [4.69, 9.17) is 14.2 Å². The lowest BCUT2D eigenvalue weighted by molar-refractivity contribution is 0.171. The maximum absolute atomic E-state index is 12.8. The molecule has 0 saturated heterocycles. The summed E-state index contributed by atoms with van der Waals surface area (Å²) in [5.74, 6) is 1.80. The largest absolute Gasteiger partial charge is 0.494 e. The van der Waals surface area contributed by atoms with E-state index in [1.165, 1.54) is 12.1 Å². The van der Waals surface area contributed by atoms with Crippen LogP contribution in [0.15, 0.2) is 47.4 Å². The molecule has 28 heavy (non-hydrogen) atoms. The van der Waals surface area contributed by atoms with E-state index < -0.39 is 10.0 Å². The molecule has 0 aliphatic carbocycles. The zero-order valence-electron chi connectivity index (χ0n) is 16.3. The van der Waals surface area contributed by atoms with E-state index in [-0.39, 0.29) is 17.5 Å². The lowest BCUT2D eigenvalue weighted by Crippen LogP contribution is -2.34. The highest BCUT2D eigenvalue weighted by molar-refractivity contribution is 7.89. The predicted molar refractivity (Wildman–Crippen MR) is 107 cm³/mol. The summed E-state index contributed by atoms with van der Waals surface area (Å²) in [5.41, 5.74) is 0.998. The topological polar surface area (TPSA) is 77.1 Å². The summed E-state index contributed by atoms with van der Waals surface area (Å²) in [7, 11) is 0.148. The fraction of sp³-hybridized carbons (Fsp3) is 0.400. The molecule has 0 saturated carbocycles. The van der Waals surface area contributed by atoms with E-state index in [1.807, 2.05) is 50.2 Å². The summed E-state index contributed by atoms with van der Waals surface area (Å²) in [6.07, 6.45) is 0. The molecule has 1 aliphatic rings. The quantitative estimate of drug-likeness (QED) is 0.726. The highest BCUT2D eigenvalue weighted by Crippen LogP contribution is 2.32. The van der Waals surface area contributed by atoms with Gasteiger partial charge in [-0.1, -0.05) is 12.1 Å². The first kappa shape index (κ1) is 20.4. The molecular weight excluding hydrogens is 380 g/mol. The van der Waals surface area contributed by atoms with Gasteiger partial charge in [0.15, 0.2) is 11.5 Å². The Bertz CT molecular complexity index is 897. The molecule has 0 amide bonds. The molecule has 8 heteroatoms. The molecule has 152 valence electrons. The summed E-state index contributed by atoms with van der Waals surface area (Å²) in [4.78, 5) is 2.13. The van der Waals surface area contributed by atoms with Crippen LogP contribution in [-0.2, 0) is 10.0 Å². The number of hydrogen-bond donors (Lipinski definition) is 1. The summed E-state index contributed by atoms with van der Waals surface area (Å²) < 4.78 is 44.6. The average molecular weight is 407 g/mol. The van der Waals surface area contributed by atoms with Gasteiger partial charge in [-0.15, -0.1) is 0 Å². The minimum Gasteiger partial charge on any atom is -0.494 e. The van der Waals surface area contributed by atoms with Gasteiger partial charge in [-0.25, -0.2) is 13.1 Å². The Morgan fingerprint density at radius 3 is 2.39 bits per heavy atom. The predicted octanol–water partition coefficient (Wildman–Crippen LogP) is 2.44. The molecule has 0 radical (unpaired) electrons. The van der Waals surface area contributed by atoms with Crippen molar-refractivity contribution in [1.82, 2.24) is 9.62 Å². The first-order valence-electron chi connectivity index (χ1n) is 9.19. The fourth-order valence-electron chi connectivity index (χ4n) is 3.01. The number of benzene rings is 2. The van der Waals surface area contributed by atoms with Gasteiger partial charge in [-0.05, 0) is 50.8 Å². The Balaban J connectivity index is 1.73. The van der Waals surface area contributed by atoms with Crippen molar-refractivity contribution < 1.29 is 22.6 Å². The van der Waals surface area contributed by atoms with Crippen LogP contribution in [-0.4, -0.2) is 53.8 Å². The zero-order chi connectivity index (χ0) is 20.1. The lowest BCUT2D eigenvalue weighted by Gasteiger charge is -2.25. The molecule has 7 nitrogen and oxygen atoms in total. The van der Waals surface area contributed by atoms with Gasteiger partial charge in [0.05, 0.1) is 11.5 Å². The molecule has 0 aromatic heterocycles. The second-order valence-corrected chi connectivity index (χ2v) is 8.41. The minimum atomic E-state index is -3.68. The molecule has 1 aliphatic heterocycles. The molecule has 3 rings (SSSR count). The van der Waals surface area contributed by atoms with E-state index in [0.29, 0.717) is 31.3 Å². The number of ether oxygens (including phenoxy) is 3. The van der Waals surface area contributed by atoms with Crippen LogP contribution in [0.2, 0.25) is 0 Å². The van der Waals surface area contributed by atoms with Crippen LogP contribution < -0.4 is 18.9 Å². The van der Waals surface area contributed by atoms with Crippen LogP contribution in [0.4, 0.5) is 0 Å². The van der Waals surface area contributed by atoms with E-state index >= 15 is 0 Å². The SMILES string of the molecule is CCOc1ccc([C@@H](CNS(=O)(=O)c2ccc3c(c2)OCCO3)N(C)C)cc1. The number of nitrogens with one attached hydrogen (secondary N) is 1. The van der Waals surface area contributed by atoms with Crippen molar-refractivity contribution in [2.24, 2.45) is 0 Å². The van der Waals surface area contributed by atoms with Crippen LogP contribution in [0.25, 0.3) is 0 Å². The maximum Gasteiger partial charge on any atom is 0.240 e. The first-order valence-corrected chi connectivity index (χ1v) is 10.7. The zero-order valence-corrected chi connectivity index (χ0v) is 17.2. The van der Waals surface area contributed by atoms with Crippen molar-refractivity contribution in [2.75, 3.05) is 40.5 Å². The van der Waals surface area contributed by atoms with Crippen molar-refractivity contribution in [3.63, 3.8) is 0 Å². The van der Waals surface area contributed by atoms with Gasteiger partial charge in [0.25, 0.3) is 0 Å². The second-order valence-electron chi connectivity index (χ2n) is 6.64. The van der Waals surface area contributed by atoms with Gasteiger partial charge in [0.2, 0.25) is 10.0 Å². The van der Waals surface area contributed by atoms with Crippen molar-refractivity contribution in [1.29, 1.82) is 0 Å². The van der Waals surface area contributed by atoms with Gasteiger partial charge in [-0.3, -0.25) is 0 Å². The van der Waals surface area contributed by atoms with Crippen molar-refractivity contribution in [3.8, 4) is 17.2 Å². The maximum atomic E-state index is 12.8. The highest BCUT2D eigenvalue weighted by atomic mass is 32.2. The molecule has 0 bridgehead atoms. The third-order valence-electron chi connectivity index (χ3n) is 4.49. The Hall–Kier alpha value is -2.29. The van der Waals surface area contributed by atoms with Gasteiger partial charge >= 0.3 is 0 Å². The molecule has 1 heterocycles. The van der Waals surface area contributed by atoms with Crippen molar-refractivity contribution in [3.05, 3.63) is 48.0 Å². The number of likely N-dealkylation sites (N-methyl/N-ethyl adjacent to an activating group) is 1. The molecule has 2 aromatic rings. The number of hydrogen-bond acceptors (Lipinski definition) is 6. The number of nitrogens with zero attached hydrogens (tertiary/aromatic N) is 1. The minimum absolute atomic E-state index is 0.123. The van der Waals surface area contributed by atoms with E-state index in [0.717, 1.165) is 11.3 Å². The van der Waals surface area contributed by atoms with Crippen LogP contribution in [0.3, 0.4) is 0 Å². The Morgan fingerprint density at radius 1 is 1.07 bits per heavy atom. The number of sulfonamides is 1. The Morgan fingerprint density at radius 2 is 1.75 bits per heavy atom. The molecule has 1 N–H and O–H groups in total. The summed E-state index contributed by atoms with van der Waals surface area (Å²) in [5, 5.41) is 0. The average Bonchev–Trinajstić information content (AvgIpc) is 2.69. The van der Waals surface area contributed by atoms with Crippen LogP contribution >= 0.6 is 0 Å². The van der Waals surface area contributed by atoms with Crippen molar-refractivity contribution in [2.45, 2.75) is 17.9 Å². The van der Waals surface area contributed by atoms with Crippen LogP contribution in [0, 0.1) is 0 Å². The van der Waals surface area contributed by atoms with Crippen LogP contribution in [0.1, 0.15) is 18.5 Å². The number of fused-ring (bicyclic) bond motifs is 1. The van der Waals surface area contributed by atoms with E-state index in [2.05, 4.69) is 4.72 Å². The van der Waals surface area contributed by atoms with Crippen LogP contribution in [0.5, 0.6) is 17.2 Å². The Labute approximate surface area is 166 Å². The third-order valence-corrected chi connectivity index (χ3v) is 5.91. The number of rotatable bonds is 8. The van der Waals surface area contributed by atoms with E-state index in [1.54, 1.807) is 6.07 Å². The van der Waals surface area contributed by atoms with Gasteiger partial charge < -0.3 is 19.1 Å². The molecule has 0 spiro atoms. The van der Waals surface area contributed by atoms with Crippen molar-refractivity contribution >= 4 is 10.0 Å². The fourth-order valence-corrected chi connectivity index (χ4v) is 4.07. The summed E-state index contributed by atoms with van der Waals surface area (Å²) >= 11 is 0. The summed E-state index contributed by atoms with van der Waals surface area (Å²) in [6, 6.07) is 12.2. The standard InChI is InChI=1S/C20H26N2O5S/c1-4-25-16-7-5-15(6-8-16)18(22(2)3)14-21-28(23,24)17-9-10-19-20(13-17)27-12-11-26-19/h5-10,13,18,21H,4,11-12,14H2,1-3H3/t18-/m1/s1. The normalized spacial score (nSPS) is 14.7. The smallest absolute Gasteiger partial charge is 0.240 e. The van der Waals surface area contributed by atoms with E-state index in [9.17, 15) is 8.42 Å². The third kappa shape index (κ3) is 4.76. The second kappa shape index (κ2) is 8.81. The van der Waals surface area contributed by atoms with Gasteiger partial charge in [0, 0.05) is 18.7 Å². The van der Waals surface area contributed by atoms with Gasteiger partial charge in [-0.2, -0.15) is 0 Å². The summed E-state index contributed by atoms with van der Waals surface area (Å²) in [6.45, 7) is 3.64. The monoisotopic (exact) mass is 406 g/mol. The highest BCUT2D eigenvalue weighted by Gasteiger charge is 2.22. The molecular formula is C20H26N2O5S. The molecule has 1 atom stereocenters. The molecule has 2 aromatic carbocycles. The molecule has 0 unspecified atom stereocenters. The lowest BCUT2D eigenvalue weighted by atomic mass is 10.1. The first-order chi connectivity index (χ1) is 13.4.